The van der Waals surface area contributed by atoms with E-state index in [4.69, 9.17) is 0 Å². The zero-order valence-electron chi connectivity index (χ0n) is 6.48. The summed E-state index contributed by atoms with van der Waals surface area (Å²) in [6, 6.07) is 1.15. The van der Waals surface area contributed by atoms with E-state index in [0.717, 1.165) is 11.8 Å². The van der Waals surface area contributed by atoms with E-state index >= 15 is 0 Å². The topological polar surface area (TPSA) is 24.7 Å². The number of azo groups is 1. The van der Waals surface area contributed by atoms with Crippen LogP contribution in [0.25, 0.3) is 0 Å². The van der Waals surface area contributed by atoms with Crippen molar-refractivity contribution in [3.05, 3.63) is 12.2 Å². The van der Waals surface area contributed by atoms with Gasteiger partial charge >= 0.3 is 0 Å². The third-order valence-corrected chi connectivity index (χ3v) is 3.24. The van der Waals surface area contributed by atoms with E-state index in [-0.39, 0.29) is 0 Å². The maximum absolute atomic E-state index is 4.21. The zero-order valence-corrected chi connectivity index (χ0v) is 6.48. The maximum atomic E-state index is 4.21. The average Bonchev–Trinajstić information content (AvgIpc) is 2.17. The first kappa shape index (κ1) is 5.92. The van der Waals surface area contributed by atoms with Crippen LogP contribution >= 0.6 is 0 Å². The van der Waals surface area contributed by atoms with E-state index in [1.165, 1.54) is 19.3 Å². The van der Waals surface area contributed by atoms with Crippen LogP contribution in [0.5, 0.6) is 0 Å². The van der Waals surface area contributed by atoms with Crippen molar-refractivity contribution in [3.63, 3.8) is 0 Å². The van der Waals surface area contributed by atoms with Crippen LogP contribution in [0, 0.1) is 11.8 Å². The Morgan fingerprint density at radius 2 is 1.45 bits per heavy atom. The molecule has 0 aromatic rings. The van der Waals surface area contributed by atoms with Crippen molar-refractivity contribution in [2.75, 3.05) is 0 Å². The quantitative estimate of drug-likeness (QED) is 0.470. The van der Waals surface area contributed by atoms with Crippen LogP contribution in [0.4, 0.5) is 0 Å². The minimum absolute atomic E-state index is 0.576. The van der Waals surface area contributed by atoms with Gasteiger partial charge in [-0.05, 0) is 12.8 Å². The molecule has 1 aliphatic heterocycles. The Morgan fingerprint density at radius 3 is 1.91 bits per heavy atom. The standard InChI is InChI=1S/C9H12N2/c1-2-6-4-5-7(3-1)9-8(6)10-11-9/h4-9H,1-3H2/t6-,7+,8+,9-. The van der Waals surface area contributed by atoms with Gasteiger partial charge in [0.1, 0.15) is 12.1 Å². The van der Waals surface area contributed by atoms with Crippen molar-refractivity contribution >= 4 is 0 Å². The minimum Gasteiger partial charge on any atom is -0.187 e. The molecule has 1 saturated carbocycles. The molecule has 2 bridgehead atoms. The van der Waals surface area contributed by atoms with Gasteiger partial charge in [0.05, 0.1) is 0 Å². The number of rotatable bonds is 0. The van der Waals surface area contributed by atoms with Crippen molar-refractivity contribution in [1.29, 1.82) is 0 Å². The van der Waals surface area contributed by atoms with E-state index in [1.807, 2.05) is 0 Å². The van der Waals surface area contributed by atoms with Gasteiger partial charge in [-0.1, -0.05) is 18.6 Å². The van der Waals surface area contributed by atoms with Gasteiger partial charge in [0.25, 0.3) is 0 Å². The smallest absolute Gasteiger partial charge is 0.102 e. The van der Waals surface area contributed by atoms with Crippen molar-refractivity contribution in [1.82, 2.24) is 0 Å². The average molecular weight is 148 g/mol. The van der Waals surface area contributed by atoms with Gasteiger partial charge in [-0.2, -0.15) is 10.2 Å². The van der Waals surface area contributed by atoms with Crippen molar-refractivity contribution in [2.45, 2.75) is 31.3 Å². The summed E-state index contributed by atoms with van der Waals surface area (Å²) in [6.45, 7) is 0. The van der Waals surface area contributed by atoms with Crippen LogP contribution in [0.15, 0.2) is 22.4 Å². The summed E-state index contributed by atoms with van der Waals surface area (Å²) >= 11 is 0. The molecule has 0 saturated heterocycles. The van der Waals surface area contributed by atoms with Gasteiger partial charge in [-0.15, -0.1) is 0 Å². The number of hydrogen-bond donors (Lipinski definition) is 0. The maximum Gasteiger partial charge on any atom is 0.102 e. The first-order valence-electron chi connectivity index (χ1n) is 4.53. The molecular weight excluding hydrogens is 136 g/mol. The fourth-order valence-electron chi connectivity index (χ4n) is 2.53. The lowest BCUT2D eigenvalue weighted by atomic mass is 9.81. The number of fused-ring (bicyclic) bond motifs is 2. The summed E-state index contributed by atoms with van der Waals surface area (Å²) in [5.74, 6) is 1.47. The monoisotopic (exact) mass is 148 g/mol. The molecular formula is C9H12N2. The van der Waals surface area contributed by atoms with Gasteiger partial charge < -0.3 is 0 Å². The van der Waals surface area contributed by atoms with Crippen LogP contribution in [0.1, 0.15) is 19.3 Å². The summed E-state index contributed by atoms with van der Waals surface area (Å²) in [4.78, 5) is 0. The molecule has 0 N–H and O–H groups in total. The Bertz CT molecular complexity index is 210. The number of nitrogens with zero attached hydrogens (tertiary/aromatic N) is 2. The number of hydrogen-bond acceptors (Lipinski definition) is 2. The summed E-state index contributed by atoms with van der Waals surface area (Å²) in [5, 5.41) is 8.41. The van der Waals surface area contributed by atoms with Gasteiger partial charge in [0.2, 0.25) is 0 Å². The van der Waals surface area contributed by atoms with E-state index in [0.29, 0.717) is 12.1 Å². The Morgan fingerprint density at radius 1 is 0.909 bits per heavy atom. The molecule has 3 aliphatic carbocycles. The third kappa shape index (κ3) is 0.673. The normalized spacial score (nSPS) is 51.6. The Balaban J connectivity index is 2.01. The second kappa shape index (κ2) is 1.93. The van der Waals surface area contributed by atoms with Crippen molar-refractivity contribution in [3.8, 4) is 0 Å². The molecule has 0 aromatic heterocycles. The Kier molecular flexibility index (Phi) is 1.04. The minimum atomic E-state index is 0.576. The summed E-state index contributed by atoms with van der Waals surface area (Å²) in [7, 11) is 0. The lowest BCUT2D eigenvalue weighted by molar-refractivity contribution is 0.278. The highest BCUT2D eigenvalue weighted by atomic mass is 15.3. The zero-order chi connectivity index (χ0) is 7.26. The first-order chi connectivity index (χ1) is 5.45. The SMILES string of the molecule is C1=C[C@H]2CCC[C@@H]1[C@H]1N=N[C@H]12. The van der Waals surface area contributed by atoms with Crippen LogP contribution in [0.2, 0.25) is 0 Å². The lowest BCUT2D eigenvalue weighted by Crippen LogP contribution is -2.41. The molecule has 4 atom stereocenters. The van der Waals surface area contributed by atoms with Gasteiger partial charge in [-0.3, -0.25) is 0 Å². The fraction of sp³-hybridized carbons (Fsp3) is 0.778. The predicted octanol–water partition coefficient (Wildman–Crippen LogP) is 2.18. The second-order valence-electron chi connectivity index (χ2n) is 3.86. The Hall–Kier alpha value is -0.660. The molecule has 58 valence electrons. The van der Waals surface area contributed by atoms with E-state index < -0.39 is 0 Å². The van der Waals surface area contributed by atoms with Gasteiger partial charge in [0, 0.05) is 11.8 Å². The highest BCUT2D eigenvalue weighted by molar-refractivity contribution is 5.15. The summed E-state index contributed by atoms with van der Waals surface area (Å²) in [5.41, 5.74) is 0. The molecule has 2 heteroatoms. The Labute approximate surface area is 66.4 Å². The molecule has 1 heterocycles. The van der Waals surface area contributed by atoms with Gasteiger partial charge in [0.15, 0.2) is 0 Å². The highest BCUT2D eigenvalue weighted by Gasteiger charge is 2.43. The van der Waals surface area contributed by atoms with Crippen molar-refractivity contribution < 1.29 is 0 Å². The molecule has 4 aliphatic rings. The molecule has 0 unspecified atom stereocenters. The second-order valence-corrected chi connectivity index (χ2v) is 3.86. The molecule has 1 fully saturated rings. The third-order valence-electron chi connectivity index (χ3n) is 3.24. The molecule has 0 amide bonds. The molecule has 2 nitrogen and oxygen atoms in total. The summed E-state index contributed by atoms with van der Waals surface area (Å²) in [6.07, 6.45) is 8.80. The molecule has 0 radical (unpaired) electrons. The molecule has 4 rings (SSSR count). The first-order valence-corrected chi connectivity index (χ1v) is 4.53. The fourth-order valence-corrected chi connectivity index (χ4v) is 2.53. The molecule has 11 heavy (non-hydrogen) atoms. The van der Waals surface area contributed by atoms with E-state index in [9.17, 15) is 0 Å². The van der Waals surface area contributed by atoms with E-state index in [1.54, 1.807) is 0 Å². The predicted molar refractivity (Wildman–Crippen MR) is 42.4 cm³/mol. The highest BCUT2D eigenvalue weighted by Crippen LogP contribution is 2.42. The largest absolute Gasteiger partial charge is 0.187 e. The molecule has 0 spiro atoms. The lowest BCUT2D eigenvalue weighted by Gasteiger charge is -2.36. The summed E-state index contributed by atoms with van der Waals surface area (Å²) < 4.78 is 0. The van der Waals surface area contributed by atoms with Crippen LogP contribution in [0.3, 0.4) is 0 Å². The van der Waals surface area contributed by atoms with Crippen molar-refractivity contribution in [2.24, 2.45) is 22.1 Å². The van der Waals surface area contributed by atoms with E-state index in [2.05, 4.69) is 22.4 Å². The van der Waals surface area contributed by atoms with Crippen LogP contribution in [-0.4, -0.2) is 12.1 Å². The molecule has 0 aromatic carbocycles. The van der Waals surface area contributed by atoms with Gasteiger partial charge in [-0.25, -0.2) is 0 Å². The van der Waals surface area contributed by atoms with Crippen LogP contribution in [-0.2, 0) is 0 Å². The van der Waals surface area contributed by atoms with Crippen LogP contribution < -0.4 is 0 Å².